The van der Waals surface area contributed by atoms with Crippen molar-refractivity contribution in [2.45, 2.75) is 65.1 Å². The summed E-state index contributed by atoms with van der Waals surface area (Å²) in [4.78, 5) is 26.3. The van der Waals surface area contributed by atoms with E-state index in [2.05, 4.69) is 16.7 Å². The van der Waals surface area contributed by atoms with Gasteiger partial charge in [-0.1, -0.05) is 23.8 Å². The van der Waals surface area contributed by atoms with Crippen LogP contribution in [0.1, 0.15) is 59.1 Å². The van der Waals surface area contributed by atoms with Gasteiger partial charge in [-0.25, -0.2) is 4.79 Å². The molecule has 0 radical (unpaired) electrons. The molecule has 0 fully saturated rings. The normalized spacial score (nSPS) is 16.2. The van der Waals surface area contributed by atoms with E-state index < -0.39 is 5.60 Å². The molecule has 7 nitrogen and oxygen atoms in total. The molecule has 1 heterocycles. The highest BCUT2D eigenvalue weighted by Gasteiger charge is 2.23. The molecule has 0 unspecified atom stereocenters. The van der Waals surface area contributed by atoms with Gasteiger partial charge in [0.1, 0.15) is 11.4 Å². The fourth-order valence-electron chi connectivity index (χ4n) is 3.39. The molecule has 0 saturated carbocycles. The number of hydrogen-bond acceptors (Lipinski definition) is 5. The lowest BCUT2D eigenvalue weighted by Crippen LogP contribution is -2.43. The molecule has 1 aromatic rings. The van der Waals surface area contributed by atoms with Crippen LogP contribution in [0.15, 0.2) is 35.9 Å². The van der Waals surface area contributed by atoms with Crippen LogP contribution in [0.3, 0.4) is 0 Å². The fraction of sp³-hybridized carbons (Fsp3) is 0.583. The van der Waals surface area contributed by atoms with E-state index in [9.17, 15) is 9.59 Å². The van der Waals surface area contributed by atoms with Crippen LogP contribution in [0.5, 0.6) is 5.75 Å². The molecule has 1 aliphatic heterocycles. The predicted molar refractivity (Wildman–Crippen MR) is 122 cm³/mol. The maximum absolute atomic E-state index is 12.5. The molecule has 2 rings (SSSR count). The molecule has 31 heavy (non-hydrogen) atoms. The zero-order valence-electron chi connectivity index (χ0n) is 19.7. The van der Waals surface area contributed by atoms with Crippen LogP contribution >= 0.6 is 0 Å². The minimum atomic E-state index is -0.486. The van der Waals surface area contributed by atoms with Crippen LogP contribution in [0.25, 0.3) is 0 Å². The fourth-order valence-corrected chi connectivity index (χ4v) is 3.39. The van der Waals surface area contributed by atoms with E-state index in [-0.39, 0.29) is 24.1 Å². The first-order chi connectivity index (χ1) is 14.6. The second-order valence-electron chi connectivity index (χ2n) is 8.97. The van der Waals surface area contributed by atoms with E-state index >= 15 is 0 Å². The first kappa shape index (κ1) is 24.7. The molecule has 1 aliphatic rings. The van der Waals surface area contributed by atoms with Crippen LogP contribution in [0, 0.1) is 0 Å². The Hall–Kier alpha value is -2.54. The maximum atomic E-state index is 12.5. The third-order valence-electron chi connectivity index (χ3n) is 5.19. The molecule has 0 saturated heterocycles. The highest BCUT2D eigenvalue weighted by Crippen LogP contribution is 2.19. The number of ether oxygens (including phenoxy) is 2. The number of nitrogens with one attached hydrogen (secondary N) is 2. The molecule has 7 heteroatoms. The summed E-state index contributed by atoms with van der Waals surface area (Å²) in [6.07, 6.45) is 3.37. The second kappa shape index (κ2) is 11.2. The van der Waals surface area contributed by atoms with Crippen molar-refractivity contribution in [2.24, 2.45) is 0 Å². The topological polar surface area (TPSA) is 79.9 Å². The van der Waals surface area contributed by atoms with Crippen molar-refractivity contribution in [2.75, 3.05) is 26.7 Å². The van der Waals surface area contributed by atoms with Crippen LogP contribution < -0.4 is 15.4 Å². The summed E-state index contributed by atoms with van der Waals surface area (Å²) in [5, 5.41) is 6.33. The molecule has 0 aliphatic carbocycles. The van der Waals surface area contributed by atoms with Crippen LogP contribution in [-0.2, 0) is 9.53 Å². The van der Waals surface area contributed by atoms with Crippen molar-refractivity contribution in [1.82, 2.24) is 15.5 Å². The first-order valence-electron chi connectivity index (χ1n) is 10.9. The average molecular weight is 432 g/mol. The Morgan fingerprint density at radius 2 is 1.97 bits per heavy atom. The van der Waals surface area contributed by atoms with Gasteiger partial charge in [-0.05, 0) is 65.2 Å². The molecular formula is C24H37N3O4. The summed E-state index contributed by atoms with van der Waals surface area (Å²) in [5.74, 6) is 0.774. The lowest BCUT2D eigenvalue weighted by atomic mass is 10.0. The number of amides is 2. The number of rotatable bonds is 8. The van der Waals surface area contributed by atoms with Gasteiger partial charge in [0, 0.05) is 25.7 Å². The van der Waals surface area contributed by atoms with Crippen molar-refractivity contribution >= 4 is 12.0 Å². The summed E-state index contributed by atoms with van der Waals surface area (Å²) >= 11 is 0. The highest BCUT2D eigenvalue weighted by atomic mass is 16.6. The maximum Gasteiger partial charge on any atom is 0.410 e. The predicted octanol–water partition coefficient (Wildman–Crippen LogP) is 3.81. The summed E-state index contributed by atoms with van der Waals surface area (Å²) in [5.41, 5.74) is 1.84. The van der Waals surface area contributed by atoms with Gasteiger partial charge in [-0.3, -0.25) is 10.1 Å². The number of benzene rings is 1. The van der Waals surface area contributed by atoms with E-state index in [1.807, 2.05) is 58.9 Å². The quantitative estimate of drug-likeness (QED) is 0.612. The SMILES string of the molecule is COc1cccc([C@@H](C)N[C@H](C)C(=O)NCCC2=CCN(C(=O)OC(C)(C)C)CC2)c1. The first-order valence-corrected chi connectivity index (χ1v) is 10.9. The number of methoxy groups -OCH3 is 1. The Morgan fingerprint density at radius 3 is 2.58 bits per heavy atom. The van der Waals surface area contributed by atoms with Gasteiger partial charge in [-0.15, -0.1) is 0 Å². The zero-order valence-corrected chi connectivity index (χ0v) is 19.7. The van der Waals surface area contributed by atoms with E-state index in [0.717, 1.165) is 24.2 Å². The van der Waals surface area contributed by atoms with Gasteiger partial charge in [-0.2, -0.15) is 0 Å². The highest BCUT2D eigenvalue weighted by molar-refractivity contribution is 5.81. The number of hydrogen-bond donors (Lipinski definition) is 2. The third kappa shape index (κ3) is 8.25. The van der Waals surface area contributed by atoms with Crippen molar-refractivity contribution in [3.63, 3.8) is 0 Å². The van der Waals surface area contributed by atoms with Crippen LogP contribution in [0.4, 0.5) is 4.79 Å². The molecule has 0 aromatic heterocycles. The largest absolute Gasteiger partial charge is 0.497 e. The van der Waals surface area contributed by atoms with Gasteiger partial charge < -0.3 is 19.7 Å². The third-order valence-corrected chi connectivity index (χ3v) is 5.19. The summed E-state index contributed by atoms with van der Waals surface area (Å²) in [6.45, 7) is 11.3. The van der Waals surface area contributed by atoms with E-state index in [1.54, 1.807) is 12.0 Å². The molecule has 0 spiro atoms. The van der Waals surface area contributed by atoms with Crippen molar-refractivity contribution in [1.29, 1.82) is 0 Å². The van der Waals surface area contributed by atoms with E-state index in [0.29, 0.717) is 19.6 Å². The standard InChI is InChI=1S/C24H37N3O4/c1-17(20-8-7-9-21(16-20)30-6)26-18(2)22(28)25-13-10-19-11-14-27(15-12-19)23(29)31-24(3,4)5/h7-9,11,16-18,26H,10,12-15H2,1-6H3,(H,25,28)/t17-,18-/m1/s1. The van der Waals surface area contributed by atoms with Crippen LogP contribution in [0.2, 0.25) is 0 Å². The molecule has 2 amide bonds. The van der Waals surface area contributed by atoms with Crippen molar-refractivity contribution in [3.05, 3.63) is 41.5 Å². The Labute approximate surface area is 186 Å². The number of carbonyl (C=O) groups is 2. The Balaban J connectivity index is 1.73. The van der Waals surface area contributed by atoms with Crippen molar-refractivity contribution < 1.29 is 19.1 Å². The van der Waals surface area contributed by atoms with Crippen molar-refractivity contribution in [3.8, 4) is 5.75 Å². The lowest BCUT2D eigenvalue weighted by molar-refractivity contribution is -0.122. The molecule has 2 N–H and O–H groups in total. The van der Waals surface area contributed by atoms with Gasteiger partial charge >= 0.3 is 6.09 Å². The monoisotopic (exact) mass is 431 g/mol. The van der Waals surface area contributed by atoms with Gasteiger partial charge in [0.2, 0.25) is 5.91 Å². The minimum Gasteiger partial charge on any atom is -0.497 e. The zero-order chi connectivity index (χ0) is 23.0. The number of carbonyl (C=O) groups excluding carboxylic acids is 2. The molecule has 1 aromatic carbocycles. The molecule has 0 bridgehead atoms. The number of nitrogens with zero attached hydrogens (tertiary/aromatic N) is 1. The molecule has 172 valence electrons. The lowest BCUT2D eigenvalue weighted by Gasteiger charge is -2.29. The average Bonchev–Trinajstić information content (AvgIpc) is 2.72. The Morgan fingerprint density at radius 1 is 1.23 bits per heavy atom. The van der Waals surface area contributed by atoms with Gasteiger partial charge in [0.05, 0.1) is 13.2 Å². The van der Waals surface area contributed by atoms with E-state index in [4.69, 9.17) is 9.47 Å². The van der Waals surface area contributed by atoms with Gasteiger partial charge in [0.15, 0.2) is 0 Å². The summed E-state index contributed by atoms with van der Waals surface area (Å²) in [6, 6.07) is 7.54. The molecule has 2 atom stereocenters. The minimum absolute atomic E-state index is 0.0238. The summed E-state index contributed by atoms with van der Waals surface area (Å²) < 4.78 is 10.7. The summed E-state index contributed by atoms with van der Waals surface area (Å²) in [7, 11) is 1.64. The van der Waals surface area contributed by atoms with Gasteiger partial charge in [0.25, 0.3) is 0 Å². The van der Waals surface area contributed by atoms with Crippen LogP contribution in [-0.4, -0.2) is 55.3 Å². The smallest absolute Gasteiger partial charge is 0.410 e. The van der Waals surface area contributed by atoms with E-state index in [1.165, 1.54) is 5.57 Å². The molecular weight excluding hydrogens is 394 g/mol. The second-order valence-corrected chi connectivity index (χ2v) is 8.97. The Bertz CT molecular complexity index is 785. The Kier molecular flexibility index (Phi) is 8.92.